The van der Waals surface area contributed by atoms with Gasteiger partial charge in [0.1, 0.15) is 0 Å². The van der Waals surface area contributed by atoms with Crippen LogP contribution in [0.4, 0.5) is 11.4 Å². The van der Waals surface area contributed by atoms with Crippen LogP contribution in [-0.2, 0) is 14.8 Å². The average Bonchev–Trinajstić information content (AvgIpc) is 2.79. The number of nitrogens with zero attached hydrogens (tertiary/aromatic N) is 1. The zero-order valence-electron chi connectivity index (χ0n) is 12.5. The molecule has 0 aromatic heterocycles. The highest BCUT2D eigenvalue weighted by Crippen LogP contribution is 2.31. The molecular formula is C14H20ClN3O3S. The van der Waals surface area contributed by atoms with E-state index in [0.717, 1.165) is 0 Å². The predicted octanol–water partition coefficient (Wildman–Crippen LogP) is 1.80. The van der Waals surface area contributed by atoms with Crippen molar-refractivity contribution in [2.45, 2.75) is 26.3 Å². The van der Waals surface area contributed by atoms with Gasteiger partial charge in [-0.15, -0.1) is 0 Å². The van der Waals surface area contributed by atoms with Crippen LogP contribution in [0.5, 0.6) is 0 Å². The Morgan fingerprint density at radius 1 is 1.41 bits per heavy atom. The lowest BCUT2D eigenvalue weighted by molar-refractivity contribution is -0.118. The van der Waals surface area contributed by atoms with Crippen LogP contribution in [0.25, 0.3) is 0 Å². The van der Waals surface area contributed by atoms with E-state index >= 15 is 0 Å². The molecule has 1 aromatic carbocycles. The van der Waals surface area contributed by atoms with E-state index in [4.69, 9.17) is 17.3 Å². The molecule has 1 atom stereocenters. The van der Waals surface area contributed by atoms with E-state index in [2.05, 4.69) is 5.32 Å². The number of amides is 1. The van der Waals surface area contributed by atoms with E-state index in [0.29, 0.717) is 29.4 Å². The van der Waals surface area contributed by atoms with Gasteiger partial charge in [0.2, 0.25) is 15.9 Å². The van der Waals surface area contributed by atoms with Gasteiger partial charge in [-0.3, -0.25) is 9.10 Å². The molecule has 1 aliphatic heterocycles. The van der Waals surface area contributed by atoms with Crippen LogP contribution in [-0.4, -0.2) is 32.7 Å². The van der Waals surface area contributed by atoms with Crippen molar-refractivity contribution in [2.24, 2.45) is 11.7 Å². The molecule has 1 saturated heterocycles. The highest BCUT2D eigenvalue weighted by atomic mass is 35.5. The van der Waals surface area contributed by atoms with Crippen molar-refractivity contribution in [3.8, 4) is 0 Å². The fraction of sp³-hybridized carbons (Fsp3) is 0.500. The van der Waals surface area contributed by atoms with Crippen molar-refractivity contribution < 1.29 is 13.2 Å². The van der Waals surface area contributed by atoms with E-state index in [-0.39, 0.29) is 17.6 Å². The topological polar surface area (TPSA) is 92.5 Å². The number of anilines is 2. The minimum absolute atomic E-state index is 0.0130. The van der Waals surface area contributed by atoms with Crippen molar-refractivity contribution in [1.82, 2.24) is 0 Å². The largest absolute Gasteiger partial charge is 0.323 e. The molecular weight excluding hydrogens is 326 g/mol. The van der Waals surface area contributed by atoms with Gasteiger partial charge in [0, 0.05) is 6.54 Å². The van der Waals surface area contributed by atoms with Gasteiger partial charge in [0.15, 0.2) is 0 Å². The number of rotatable bonds is 4. The van der Waals surface area contributed by atoms with E-state index in [1.165, 1.54) is 4.31 Å². The highest BCUT2D eigenvalue weighted by Gasteiger charge is 2.29. The molecule has 1 fully saturated rings. The Hall–Kier alpha value is -1.31. The van der Waals surface area contributed by atoms with Crippen LogP contribution in [0, 0.1) is 5.92 Å². The smallest absolute Gasteiger partial charge is 0.241 e. The van der Waals surface area contributed by atoms with Gasteiger partial charge in [-0.2, -0.15) is 0 Å². The molecule has 2 rings (SSSR count). The summed E-state index contributed by atoms with van der Waals surface area (Å²) in [5.74, 6) is -0.227. The summed E-state index contributed by atoms with van der Waals surface area (Å²) >= 11 is 6.08. The van der Waals surface area contributed by atoms with Gasteiger partial charge in [-0.05, 0) is 30.5 Å². The Morgan fingerprint density at radius 3 is 2.64 bits per heavy atom. The second-order valence-corrected chi connectivity index (χ2v) is 8.08. The molecule has 6 nitrogen and oxygen atoms in total. The number of carbonyl (C=O) groups excluding carboxylic acids is 1. The Bertz CT molecular complexity index is 676. The van der Waals surface area contributed by atoms with Gasteiger partial charge in [0.05, 0.1) is 28.2 Å². The summed E-state index contributed by atoms with van der Waals surface area (Å²) in [6, 6.07) is 4.11. The van der Waals surface area contributed by atoms with E-state index in [1.54, 1.807) is 18.2 Å². The minimum atomic E-state index is -3.28. The van der Waals surface area contributed by atoms with Gasteiger partial charge < -0.3 is 11.1 Å². The Morgan fingerprint density at radius 2 is 2.09 bits per heavy atom. The summed E-state index contributed by atoms with van der Waals surface area (Å²) in [6.07, 6.45) is 0.588. The number of nitrogens with one attached hydrogen (secondary N) is 1. The van der Waals surface area contributed by atoms with Crippen molar-refractivity contribution in [3.63, 3.8) is 0 Å². The van der Waals surface area contributed by atoms with Crippen LogP contribution >= 0.6 is 11.6 Å². The predicted molar refractivity (Wildman–Crippen MR) is 88.6 cm³/mol. The van der Waals surface area contributed by atoms with Gasteiger partial charge in [0.25, 0.3) is 0 Å². The van der Waals surface area contributed by atoms with Crippen LogP contribution in [0.1, 0.15) is 20.3 Å². The first-order valence-corrected chi connectivity index (χ1v) is 9.07. The van der Waals surface area contributed by atoms with E-state index < -0.39 is 16.1 Å². The molecule has 8 heteroatoms. The Labute approximate surface area is 135 Å². The summed E-state index contributed by atoms with van der Waals surface area (Å²) in [5.41, 5.74) is 6.66. The SMILES string of the molecule is CC(C)[C@H](N)C(=O)Nc1cc(N2CCCS2(=O)=O)ccc1Cl. The second-order valence-electron chi connectivity index (χ2n) is 5.66. The van der Waals surface area contributed by atoms with Crippen molar-refractivity contribution in [3.05, 3.63) is 23.2 Å². The van der Waals surface area contributed by atoms with Gasteiger partial charge in [-0.25, -0.2) is 8.42 Å². The molecule has 0 radical (unpaired) electrons. The third-order valence-corrected chi connectivity index (χ3v) is 5.82. The molecule has 0 aliphatic carbocycles. The second kappa shape index (κ2) is 6.44. The molecule has 0 saturated carbocycles. The zero-order chi connectivity index (χ0) is 16.5. The molecule has 0 spiro atoms. The first kappa shape index (κ1) is 17.1. The van der Waals surface area contributed by atoms with Gasteiger partial charge >= 0.3 is 0 Å². The number of halogens is 1. The normalized spacial score (nSPS) is 18.5. The van der Waals surface area contributed by atoms with Crippen LogP contribution in [0.3, 0.4) is 0 Å². The molecule has 3 N–H and O–H groups in total. The minimum Gasteiger partial charge on any atom is -0.323 e. The fourth-order valence-corrected chi connectivity index (χ4v) is 3.93. The summed E-state index contributed by atoms with van der Waals surface area (Å²) in [6.45, 7) is 4.13. The molecule has 0 unspecified atom stereocenters. The summed E-state index contributed by atoms with van der Waals surface area (Å²) in [5, 5.41) is 3.00. The molecule has 122 valence electrons. The lowest BCUT2D eigenvalue weighted by Gasteiger charge is -2.20. The monoisotopic (exact) mass is 345 g/mol. The fourth-order valence-electron chi connectivity index (χ4n) is 2.21. The summed E-state index contributed by atoms with van der Waals surface area (Å²) < 4.78 is 25.3. The van der Waals surface area contributed by atoms with E-state index in [9.17, 15) is 13.2 Å². The average molecular weight is 346 g/mol. The molecule has 1 aliphatic rings. The van der Waals surface area contributed by atoms with Crippen molar-refractivity contribution in [2.75, 3.05) is 21.9 Å². The maximum Gasteiger partial charge on any atom is 0.241 e. The third-order valence-electron chi connectivity index (χ3n) is 3.62. The van der Waals surface area contributed by atoms with Gasteiger partial charge in [-0.1, -0.05) is 25.4 Å². The maximum atomic E-state index is 12.0. The first-order chi connectivity index (χ1) is 10.2. The molecule has 0 bridgehead atoms. The Balaban J connectivity index is 2.26. The Kier molecular flexibility index (Phi) is 4.99. The van der Waals surface area contributed by atoms with Crippen molar-refractivity contribution >= 4 is 38.9 Å². The number of hydrogen-bond acceptors (Lipinski definition) is 4. The third kappa shape index (κ3) is 3.53. The summed E-state index contributed by atoms with van der Waals surface area (Å²) in [7, 11) is -3.28. The number of hydrogen-bond donors (Lipinski definition) is 2. The number of nitrogens with two attached hydrogens (primary N) is 1. The lowest BCUT2D eigenvalue weighted by atomic mass is 10.0. The molecule has 22 heavy (non-hydrogen) atoms. The molecule has 1 aromatic rings. The molecule has 1 heterocycles. The van der Waals surface area contributed by atoms with E-state index in [1.807, 2.05) is 13.8 Å². The lowest BCUT2D eigenvalue weighted by Crippen LogP contribution is -2.39. The number of carbonyl (C=O) groups is 1. The zero-order valence-corrected chi connectivity index (χ0v) is 14.1. The highest BCUT2D eigenvalue weighted by molar-refractivity contribution is 7.93. The summed E-state index contributed by atoms with van der Waals surface area (Å²) in [4.78, 5) is 12.0. The number of benzene rings is 1. The first-order valence-electron chi connectivity index (χ1n) is 7.09. The standard InChI is InChI=1S/C14H20ClN3O3S/c1-9(2)13(16)14(19)17-12-8-10(4-5-11(12)15)18-6-3-7-22(18,20)21/h4-5,8-9,13H,3,6-7,16H2,1-2H3,(H,17,19)/t13-/m0/s1. The molecule has 1 amide bonds. The van der Waals surface area contributed by atoms with Crippen LogP contribution in [0.2, 0.25) is 5.02 Å². The van der Waals surface area contributed by atoms with Crippen LogP contribution < -0.4 is 15.4 Å². The van der Waals surface area contributed by atoms with Crippen molar-refractivity contribution in [1.29, 1.82) is 0 Å². The van der Waals surface area contributed by atoms with Crippen LogP contribution in [0.15, 0.2) is 18.2 Å². The maximum absolute atomic E-state index is 12.0. The number of sulfonamides is 1. The quantitative estimate of drug-likeness (QED) is 0.870.